The smallest absolute Gasteiger partial charge is 0.134 e. The van der Waals surface area contributed by atoms with Crippen LogP contribution >= 0.6 is 0 Å². The molecule has 0 aliphatic carbocycles. The number of rotatable bonds is 2. The molecule has 0 amide bonds. The summed E-state index contributed by atoms with van der Waals surface area (Å²) >= 11 is 0. The van der Waals surface area contributed by atoms with Crippen LogP contribution in [-0.4, -0.2) is 30.8 Å². The highest BCUT2D eigenvalue weighted by Crippen LogP contribution is 2.17. The second-order valence-corrected chi connectivity index (χ2v) is 4.79. The number of hydrogen-bond donors (Lipinski definition) is 0. The van der Waals surface area contributed by atoms with E-state index in [-0.39, 0.29) is 5.78 Å². The molecule has 0 spiro atoms. The lowest BCUT2D eigenvalue weighted by Crippen LogP contribution is -2.20. The van der Waals surface area contributed by atoms with Gasteiger partial charge in [0.25, 0.3) is 0 Å². The minimum absolute atomic E-state index is 0.241. The van der Waals surface area contributed by atoms with Crippen molar-refractivity contribution in [2.45, 2.75) is 26.2 Å². The van der Waals surface area contributed by atoms with Gasteiger partial charge in [0.1, 0.15) is 5.78 Å². The molecule has 16 heavy (non-hydrogen) atoms. The molecular formula is C14H19NO. The van der Waals surface area contributed by atoms with Crippen molar-refractivity contribution in [3.05, 3.63) is 34.9 Å². The summed E-state index contributed by atoms with van der Waals surface area (Å²) < 4.78 is 0. The Balaban J connectivity index is 2.21. The molecule has 1 aromatic rings. The summed E-state index contributed by atoms with van der Waals surface area (Å²) in [5.74, 6) is 0.241. The number of carbonyl (C=O) groups excluding carboxylic acids is 1. The van der Waals surface area contributed by atoms with Gasteiger partial charge in [-0.25, -0.2) is 0 Å². The van der Waals surface area contributed by atoms with Gasteiger partial charge in [-0.15, -0.1) is 0 Å². The Morgan fingerprint density at radius 1 is 1.25 bits per heavy atom. The third kappa shape index (κ3) is 2.70. The quantitative estimate of drug-likeness (QED) is 0.753. The van der Waals surface area contributed by atoms with E-state index in [0.717, 1.165) is 31.5 Å². The summed E-state index contributed by atoms with van der Waals surface area (Å²) in [4.78, 5) is 13.5. The molecule has 0 N–H and O–H groups in total. The molecule has 2 heteroatoms. The number of nitrogens with zero attached hydrogens (tertiary/aromatic N) is 1. The van der Waals surface area contributed by atoms with Crippen molar-refractivity contribution in [1.29, 1.82) is 0 Å². The van der Waals surface area contributed by atoms with Gasteiger partial charge < -0.3 is 4.90 Å². The summed E-state index contributed by atoms with van der Waals surface area (Å²) in [6, 6.07) is 6.52. The Hall–Kier alpha value is -1.15. The molecule has 0 atom stereocenters. The third-order valence-corrected chi connectivity index (χ3v) is 3.25. The second-order valence-electron chi connectivity index (χ2n) is 4.79. The van der Waals surface area contributed by atoms with E-state index < -0.39 is 0 Å². The molecule has 2 rings (SSSR count). The summed E-state index contributed by atoms with van der Waals surface area (Å²) in [6.45, 7) is 3.91. The summed E-state index contributed by atoms with van der Waals surface area (Å²) in [7, 11) is 2.17. The zero-order chi connectivity index (χ0) is 11.5. The molecule has 86 valence electrons. The van der Waals surface area contributed by atoms with E-state index in [0.29, 0.717) is 6.42 Å². The third-order valence-electron chi connectivity index (χ3n) is 3.25. The van der Waals surface area contributed by atoms with Crippen LogP contribution in [0, 0.1) is 0 Å². The Bertz CT molecular complexity index is 398. The van der Waals surface area contributed by atoms with Gasteiger partial charge in [0.05, 0.1) is 0 Å². The van der Waals surface area contributed by atoms with E-state index in [1.54, 1.807) is 6.92 Å². The van der Waals surface area contributed by atoms with Gasteiger partial charge in [0.15, 0.2) is 0 Å². The fraction of sp³-hybridized carbons (Fsp3) is 0.500. The summed E-state index contributed by atoms with van der Waals surface area (Å²) in [6.07, 6.45) is 2.81. The average Bonchev–Trinajstić information content (AvgIpc) is 2.40. The van der Waals surface area contributed by atoms with Gasteiger partial charge in [-0.05, 0) is 43.5 Å². The van der Waals surface area contributed by atoms with Crippen LogP contribution in [0.4, 0.5) is 0 Å². The predicted molar refractivity (Wildman–Crippen MR) is 65.7 cm³/mol. The molecular weight excluding hydrogens is 198 g/mol. The number of carbonyl (C=O) groups is 1. The van der Waals surface area contributed by atoms with E-state index in [9.17, 15) is 4.79 Å². The van der Waals surface area contributed by atoms with Crippen molar-refractivity contribution in [1.82, 2.24) is 4.90 Å². The van der Waals surface area contributed by atoms with Crippen LogP contribution in [0.2, 0.25) is 0 Å². The standard InChI is InChI=1S/C14H19NO/c1-11(16)9-12-3-4-13-5-7-15(2)8-6-14(13)10-12/h3-4,10H,5-9H2,1-2H3. The monoisotopic (exact) mass is 217 g/mol. The lowest BCUT2D eigenvalue weighted by molar-refractivity contribution is -0.116. The van der Waals surface area contributed by atoms with Gasteiger partial charge in [-0.1, -0.05) is 18.2 Å². The molecule has 1 aliphatic heterocycles. The molecule has 0 saturated heterocycles. The summed E-state index contributed by atoms with van der Waals surface area (Å²) in [5.41, 5.74) is 4.05. The fourth-order valence-electron chi connectivity index (χ4n) is 2.29. The van der Waals surface area contributed by atoms with Gasteiger partial charge in [0, 0.05) is 19.5 Å². The van der Waals surface area contributed by atoms with Crippen LogP contribution in [0.25, 0.3) is 0 Å². The maximum absolute atomic E-state index is 11.1. The zero-order valence-electron chi connectivity index (χ0n) is 10.1. The van der Waals surface area contributed by atoms with Crippen molar-refractivity contribution in [3.63, 3.8) is 0 Å². The molecule has 2 nitrogen and oxygen atoms in total. The summed E-state index contributed by atoms with van der Waals surface area (Å²) in [5, 5.41) is 0. The Morgan fingerprint density at radius 3 is 2.62 bits per heavy atom. The minimum Gasteiger partial charge on any atom is -0.306 e. The van der Waals surface area contributed by atoms with Crippen LogP contribution in [0.1, 0.15) is 23.6 Å². The molecule has 1 aromatic carbocycles. The molecule has 0 radical (unpaired) electrons. The van der Waals surface area contributed by atoms with Crippen LogP contribution < -0.4 is 0 Å². The first-order valence-electron chi connectivity index (χ1n) is 5.94. The Labute approximate surface area is 97.3 Å². The number of hydrogen-bond acceptors (Lipinski definition) is 2. The lowest BCUT2D eigenvalue weighted by Gasteiger charge is -2.10. The SMILES string of the molecule is CC(=O)Cc1ccc2c(c1)CCN(C)CC2. The predicted octanol–water partition coefficient (Wildman–Crippen LogP) is 1.85. The van der Waals surface area contributed by atoms with Gasteiger partial charge in [-0.2, -0.15) is 0 Å². The van der Waals surface area contributed by atoms with Gasteiger partial charge in [-0.3, -0.25) is 4.79 Å². The fourth-order valence-corrected chi connectivity index (χ4v) is 2.29. The van der Waals surface area contributed by atoms with E-state index in [1.165, 1.54) is 11.1 Å². The van der Waals surface area contributed by atoms with Gasteiger partial charge in [0.2, 0.25) is 0 Å². The first kappa shape index (κ1) is 11.3. The number of fused-ring (bicyclic) bond motifs is 1. The normalized spacial score (nSPS) is 16.6. The minimum atomic E-state index is 0.241. The van der Waals surface area contributed by atoms with E-state index in [2.05, 4.69) is 30.1 Å². The van der Waals surface area contributed by atoms with Crippen LogP contribution in [0.5, 0.6) is 0 Å². The average molecular weight is 217 g/mol. The van der Waals surface area contributed by atoms with E-state index in [4.69, 9.17) is 0 Å². The number of likely N-dealkylation sites (N-methyl/N-ethyl adjacent to an activating group) is 1. The van der Waals surface area contributed by atoms with Crippen LogP contribution in [0.15, 0.2) is 18.2 Å². The van der Waals surface area contributed by atoms with Crippen LogP contribution in [0.3, 0.4) is 0 Å². The maximum atomic E-state index is 11.1. The molecule has 0 fully saturated rings. The molecule has 0 unspecified atom stereocenters. The molecule has 1 aliphatic rings. The highest BCUT2D eigenvalue weighted by atomic mass is 16.1. The number of ketones is 1. The van der Waals surface area contributed by atoms with Crippen LogP contribution in [-0.2, 0) is 24.1 Å². The number of benzene rings is 1. The maximum Gasteiger partial charge on any atom is 0.134 e. The highest BCUT2D eigenvalue weighted by molar-refractivity contribution is 5.78. The topological polar surface area (TPSA) is 20.3 Å². The Morgan fingerprint density at radius 2 is 1.94 bits per heavy atom. The van der Waals surface area contributed by atoms with Gasteiger partial charge >= 0.3 is 0 Å². The van der Waals surface area contributed by atoms with E-state index in [1.807, 2.05) is 0 Å². The molecule has 0 aromatic heterocycles. The first-order chi connectivity index (χ1) is 7.65. The van der Waals surface area contributed by atoms with Crippen molar-refractivity contribution in [3.8, 4) is 0 Å². The molecule has 1 heterocycles. The van der Waals surface area contributed by atoms with Crippen molar-refractivity contribution in [2.75, 3.05) is 20.1 Å². The zero-order valence-corrected chi connectivity index (χ0v) is 10.1. The number of Topliss-reactive ketones (excluding diaryl/α,β-unsaturated/α-hetero) is 1. The highest BCUT2D eigenvalue weighted by Gasteiger charge is 2.11. The lowest BCUT2D eigenvalue weighted by atomic mass is 9.98. The molecule has 0 bridgehead atoms. The van der Waals surface area contributed by atoms with Crippen molar-refractivity contribution < 1.29 is 4.79 Å². The molecule has 0 saturated carbocycles. The van der Waals surface area contributed by atoms with E-state index >= 15 is 0 Å². The van der Waals surface area contributed by atoms with Crippen molar-refractivity contribution >= 4 is 5.78 Å². The Kier molecular flexibility index (Phi) is 3.39. The first-order valence-corrected chi connectivity index (χ1v) is 5.94. The van der Waals surface area contributed by atoms with Crippen molar-refractivity contribution in [2.24, 2.45) is 0 Å². The second kappa shape index (κ2) is 4.79. The largest absolute Gasteiger partial charge is 0.306 e.